The van der Waals surface area contributed by atoms with Crippen molar-refractivity contribution in [3.05, 3.63) is 35.4 Å². The minimum Gasteiger partial charge on any atom is -0.390 e. The van der Waals surface area contributed by atoms with Crippen molar-refractivity contribution in [2.24, 2.45) is 10.8 Å². The van der Waals surface area contributed by atoms with Crippen LogP contribution in [0.1, 0.15) is 58.1 Å². The van der Waals surface area contributed by atoms with Crippen LogP contribution in [0.2, 0.25) is 0 Å². The molecule has 0 amide bonds. The van der Waals surface area contributed by atoms with E-state index < -0.39 is 5.60 Å². The summed E-state index contributed by atoms with van der Waals surface area (Å²) >= 11 is 0. The van der Waals surface area contributed by atoms with E-state index >= 15 is 0 Å². The van der Waals surface area contributed by atoms with Crippen LogP contribution in [0.25, 0.3) is 0 Å². The van der Waals surface area contributed by atoms with Gasteiger partial charge >= 0.3 is 0 Å². The lowest BCUT2D eigenvalue weighted by atomic mass is 9.58. The number of rotatable bonds is 2. The normalized spacial score (nSPS) is 24.1. The van der Waals surface area contributed by atoms with Crippen LogP contribution in [0.15, 0.2) is 24.3 Å². The number of benzene rings is 1. The zero-order chi connectivity index (χ0) is 14.3. The zero-order valence-electron chi connectivity index (χ0n) is 13.1. The molecule has 2 rings (SSSR count). The van der Waals surface area contributed by atoms with E-state index in [2.05, 4.69) is 58.9 Å². The van der Waals surface area contributed by atoms with Crippen molar-refractivity contribution < 1.29 is 5.11 Å². The van der Waals surface area contributed by atoms with E-state index in [9.17, 15) is 5.11 Å². The lowest BCUT2D eigenvalue weighted by Crippen LogP contribution is -2.47. The molecular weight excluding hydrogens is 232 g/mol. The highest BCUT2D eigenvalue weighted by Crippen LogP contribution is 2.50. The van der Waals surface area contributed by atoms with Crippen LogP contribution in [0.4, 0.5) is 0 Å². The Bertz CT molecular complexity index is 423. The Balaban J connectivity index is 2.19. The molecule has 1 aliphatic carbocycles. The van der Waals surface area contributed by atoms with Crippen molar-refractivity contribution in [1.29, 1.82) is 0 Å². The van der Waals surface area contributed by atoms with Gasteiger partial charge in [0.2, 0.25) is 0 Å². The summed E-state index contributed by atoms with van der Waals surface area (Å²) in [6, 6.07) is 8.58. The molecule has 0 spiro atoms. The van der Waals surface area contributed by atoms with Gasteiger partial charge in [0.05, 0.1) is 5.60 Å². The summed E-state index contributed by atoms with van der Waals surface area (Å²) in [5, 5.41) is 11.1. The first kappa shape index (κ1) is 14.6. The first-order chi connectivity index (χ1) is 8.59. The summed E-state index contributed by atoms with van der Waals surface area (Å²) in [7, 11) is 0. The van der Waals surface area contributed by atoms with Crippen molar-refractivity contribution in [2.75, 3.05) is 0 Å². The predicted octanol–water partition coefficient (Wildman–Crippen LogP) is 4.50. The number of aryl methyl sites for hydroxylation is 1. The van der Waals surface area contributed by atoms with Gasteiger partial charge < -0.3 is 5.11 Å². The number of hydrogen-bond donors (Lipinski definition) is 1. The maximum absolute atomic E-state index is 11.1. The largest absolute Gasteiger partial charge is 0.390 e. The van der Waals surface area contributed by atoms with Gasteiger partial charge in [0.15, 0.2) is 0 Å². The van der Waals surface area contributed by atoms with Crippen LogP contribution < -0.4 is 0 Å². The van der Waals surface area contributed by atoms with Crippen molar-refractivity contribution in [3.63, 3.8) is 0 Å². The van der Waals surface area contributed by atoms with E-state index in [1.807, 2.05) is 0 Å². The van der Waals surface area contributed by atoms with Gasteiger partial charge in [-0.3, -0.25) is 0 Å². The second-order valence-corrected chi connectivity index (χ2v) is 8.25. The molecule has 1 saturated carbocycles. The maximum Gasteiger partial charge on any atom is 0.0698 e. The second kappa shape index (κ2) is 4.63. The Morgan fingerprint density at radius 3 is 1.84 bits per heavy atom. The van der Waals surface area contributed by atoms with E-state index in [1.54, 1.807) is 0 Å². The summed E-state index contributed by atoms with van der Waals surface area (Å²) in [5.41, 5.74) is 2.42. The third kappa shape index (κ3) is 3.82. The van der Waals surface area contributed by atoms with Gasteiger partial charge in [-0.05, 0) is 42.6 Å². The van der Waals surface area contributed by atoms with E-state index in [0.717, 1.165) is 19.3 Å². The van der Waals surface area contributed by atoms with Gasteiger partial charge in [-0.25, -0.2) is 0 Å². The second-order valence-electron chi connectivity index (χ2n) is 8.25. The highest BCUT2D eigenvalue weighted by molar-refractivity contribution is 5.23. The van der Waals surface area contributed by atoms with Gasteiger partial charge in [-0.1, -0.05) is 57.5 Å². The molecule has 0 aliphatic heterocycles. The molecule has 0 heterocycles. The summed E-state index contributed by atoms with van der Waals surface area (Å²) < 4.78 is 0. The SMILES string of the molecule is Cc1ccc(CC2(O)CC(C)(C)CC(C)(C)C2)cc1. The summed E-state index contributed by atoms with van der Waals surface area (Å²) in [5.74, 6) is 0. The Morgan fingerprint density at radius 2 is 1.37 bits per heavy atom. The first-order valence-electron chi connectivity index (χ1n) is 7.37. The quantitative estimate of drug-likeness (QED) is 0.829. The molecule has 1 nitrogen and oxygen atoms in total. The van der Waals surface area contributed by atoms with E-state index in [0.29, 0.717) is 0 Å². The van der Waals surface area contributed by atoms with Crippen LogP contribution >= 0.6 is 0 Å². The van der Waals surface area contributed by atoms with Crippen molar-refractivity contribution in [2.45, 2.75) is 65.9 Å². The van der Waals surface area contributed by atoms with Crippen molar-refractivity contribution in [3.8, 4) is 0 Å². The van der Waals surface area contributed by atoms with Crippen LogP contribution in [0.5, 0.6) is 0 Å². The minimum absolute atomic E-state index is 0.223. The minimum atomic E-state index is -0.555. The predicted molar refractivity (Wildman–Crippen MR) is 81.2 cm³/mol. The van der Waals surface area contributed by atoms with Gasteiger partial charge in [0.25, 0.3) is 0 Å². The lowest BCUT2D eigenvalue weighted by molar-refractivity contribution is -0.0850. The van der Waals surface area contributed by atoms with Crippen LogP contribution in [0, 0.1) is 17.8 Å². The highest BCUT2D eigenvalue weighted by Gasteiger charge is 2.46. The summed E-state index contributed by atoms with van der Waals surface area (Å²) in [6.45, 7) is 11.2. The zero-order valence-corrected chi connectivity index (χ0v) is 13.1. The molecule has 0 atom stereocenters. The molecule has 0 aromatic heterocycles. The van der Waals surface area contributed by atoms with Gasteiger partial charge in [0, 0.05) is 6.42 Å². The van der Waals surface area contributed by atoms with Crippen LogP contribution in [-0.4, -0.2) is 10.7 Å². The average Bonchev–Trinajstić information content (AvgIpc) is 2.15. The first-order valence-corrected chi connectivity index (χ1v) is 7.37. The molecule has 1 aliphatic rings. The summed E-state index contributed by atoms with van der Waals surface area (Å²) in [4.78, 5) is 0. The topological polar surface area (TPSA) is 20.2 Å². The third-order valence-electron chi connectivity index (χ3n) is 4.23. The number of hydrogen-bond acceptors (Lipinski definition) is 1. The van der Waals surface area contributed by atoms with Gasteiger partial charge in [-0.15, -0.1) is 0 Å². The lowest BCUT2D eigenvalue weighted by Gasteiger charge is -2.49. The van der Waals surface area contributed by atoms with Crippen LogP contribution in [0.3, 0.4) is 0 Å². The van der Waals surface area contributed by atoms with E-state index in [-0.39, 0.29) is 10.8 Å². The molecule has 1 aromatic rings. The van der Waals surface area contributed by atoms with Gasteiger partial charge in [0.1, 0.15) is 0 Å². The van der Waals surface area contributed by atoms with Crippen molar-refractivity contribution in [1.82, 2.24) is 0 Å². The maximum atomic E-state index is 11.1. The molecule has 106 valence electrons. The van der Waals surface area contributed by atoms with Gasteiger partial charge in [-0.2, -0.15) is 0 Å². The fraction of sp³-hybridized carbons (Fsp3) is 0.667. The fourth-order valence-electron chi connectivity index (χ4n) is 4.48. The molecule has 1 N–H and O–H groups in total. The van der Waals surface area contributed by atoms with Crippen LogP contribution in [-0.2, 0) is 6.42 Å². The molecule has 1 heteroatoms. The van der Waals surface area contributed by atoms with Crippen molar-refractivity contribution >= 4 is 0 Å². The molecule has 0 radical (unpaired) electrons. The fourth-order valence-corrected chi connectivity index (χ4v) is 4.48. The molecule has 19 heavy (non-hydrogen) atoms. The molecule has 0 unspecified atom stereocenters. The monoisotopic (exact) mass is 260 g/mol. The Hall–Kier alpha value is -0.820. The Labute approximate surface area is 118 Å². The third-order valence-corrected chi connectivity index (χ3v) is 4.23. The highest BCUT2D eigenvalue weighted by atomic mass is 16.3. The van der Waals surface area contributed by atoms with E-state index in [4.69, 9.17) is 0 Å². The number of aliphatic hydroxyl groups is 1. The smallest absolute Gasteiger partial charge is 0.0698 e. The van der Waals surface area contributed by atoms with E-state index in [1.165, 1.54) is 17.5 Å². The summed E-state index contributed by atoms with van der Waals surface area (Å²) in [6.07, 6.45) is 3.77. The average molecular weight is 260 g/mol. The standard InChI is InChI=1S/C18H28O/c1-14-6-8-15(9-7-14)10-18(19)12-16(2,3)11-17(4,5)13-18/h6-9,19H,10-13H2,1-5H3. The molecular formula is C18H28O. The molecule has 1 fully saturated rings. The molecule has 0 bridgehead atoms. The molecule has 0 saturated heterocycles. The molecule has 1 aromatic carbocycles. The Kier molecular flexibility index (Phi) is 3.55. The Morgan fingerprint density at radius 1 is 0.895 bits per heavy atom.